The van der Waals surface area contributed by atoms with Crippen LogP contribution >= 0.6 is 0 Å². The first kappa shape index (κ1) is 15.5. The van der Waals surface area contributed by atoms with Crippen LogP contribution in [0.1, 0.15) is 30.6 Å². The maximum Gasteiger partial charge on any atom is 0.256 e. The number of pyridine rings is 1. The van der Waals surface area contributed by atoms with Crippen molar-refractivity contribution in [2.24, 2.45) is 11.8 Å². The smallest absolute Gasteiger partial charge is 0.256 e. The van der Waals surface area contributed by atoms with Gasteiger partial charge in [0.25, 0.3) is 5.91 Å². The first-order valence-electron chi connectivity index (χ1n) is 7.82. The topological polar surface area (TPSA) is 80.8 Å². The molecule has 3 rings (SSSR count). The number of amides is 1. The van der Waals surface area contributed by atoms with Crippen molar-refractivity contribution in [3.05, 3.63) is 46.5 Å². The quantitative estimate of drug-likeness (QED) is 0.641. The van der Waals surface area contributed by atoms with Crippen LogP contribution in [0, 0.1) is 22.0 Å². The summed E-state index contributed by atoms with van der Waals surface area (Å²) < 4.78 is 1.78. The second-order valence-electron chi connectivity index (χ2n) is 6.41. The summed E-state index contributed by atoms with van der Waals surface area (Å²) in [5.74, 6) is 0.0888. The molecule has 1 amide bonds. The van der Waals surface area contributed by atoms with E-state index in [1.807, 2.05) is 20.0 Å². The molecule has 0 saturated carbocycles. The number of rotatable bonds is 3. The number of nitrogens with zero attached hydrogens (tertiary/aromatic N) is 4. The monoisotopic (exact) mass is 316 g/mol. The lowest BCUT2D eigenvalue weighted by Crippen LogP contribution is -2.51. The summed E-state index contributed by atoms with van der Waals surface area (Å²) in [7, 11) is 0. The molecule has 23 heavy (non-hydrogen) atoms. The molecule has 2 atom stereocenters. The van der Waals surface area contributed by atoms with E-state index in [2.05, 4.69) is 4.98 Å². The first-order chi connectivity index (χ1) is 11.0. The van der Waals surface area contributed by atoms with Crippen LogP contribution in [0.15, 0.2) is 30.9 Å². The Balaban J connectivity index is 1.86. The molecule has 1 saturated heterocycles. The molecule has 0 N–H and O–H groups in total. The molecule has 122 valence electrons. The second-order valence-corrected chi connectivity index (χ2v) is 6.41. The number of piperidine rings is 1. The van der Waals surface area contributed by atoms with E-state index in [0.717, 1.165) is 5.52 Å². The van der Waals surface area contributed by atoms with Gasteiger partial charge in [0.05, 0.1) is 30.1 Å². The van der Waals surface area contributed by atoms with E-state index in [1.54, 1.807) is 34.0 Å². The van der Waals surface area contributed by atoms with E-state index in [4.69, 9.17) is 0 Å². The zero-order valence-electron chi connectivity index (χ0n) is 13.3. The van der Waals surface area contributed by atoms with Gasteiger partial charge in [-0.15, -0.1) is 0 Å². The Kier molecular flexibility index (Phi) is 4.02. The highest BCUT2D eigenvalue weighted by Gasteiger charge is 2.40. The van der Waals surface area contributed by atoms with E-state index >= 15 is 0 Å². The van der Waals surface area contributed by atoms with Gasteiger partial charge >= 0.3 is 0 Å². The molecule has 0 spiro atoms. The Morgan fingerprint density at radius 1 is 1.48 bits per heavy atom. The van der Waals surface area contributed by atoms with Gasteiger partial charge in [-0.3, -0.25) is 14.9 Å². The van der Waals surface area contributed by atoms with Crippen molar-refractivity contribution < 1.29 is 9.72 Å². The fraction of sp³-hybridized carbons (Fsp3) is 0.500. The van der Waals surface area contributed by atoms with Gasteiger partial charge in [-0.2, -0.15) is 0 Å². The lowest BCUT2D eigenvalue weighted by atomic mass is 9.83. The minimum absolute atomic E-state index is 0.0137. The summed E-state index contributed by atoms with van der Waals surface area (Å²) in [4.78, 5) is 29.6. The van der Waals surface area contributed by atoms with Crippen molar-refractivity contribution in [1.29, 1.82) is 0 Å². The van der Waals surface area contributed by atoms with Crippen molar-refractivity contribution >= 4 is 11.4 Å². The van der Waals surface area contributed by atoms with Crippen LogP contribution in [0.4, 0.5) is 0 Å². The number of hydrogen-bond donors (Lipinski definition) is 0. The summed E-state index contributed by atoms with van der Waals surface area (Å²) in [5.41, 5.74) is 1.26. The van der Waals surface area contributed by atoms with Crippen LogP contribution < -0.4 is 0 Å². The van der Waals surface area contributed by atoms with Crippen LogP contribution in [0.25, 0.3) is 5.52 Å². The number of carbonyl (C=O) groups excluding carboxylic acids is 1. The molecule has 1 fully saturated rings. The van der Waals surface area contributed by atoms with Gasteiger partial charge in [0.2, 0.25) is 6.04 Å². The summed E-state index contributed by atoms with van der Waals surface area (Å²) in [6.45, 7) is 4.74. The highest BCUT2D eigenvalue weighted by atomic mass is 16.6. The third-order valence-corrected chi connectivity index (χ3v) is 4.73. The molecule has 7 heteroatoms. The van der Waals surface area contributed by atoms with Crippen LogP contribution in [0.2, 0.25) is 0 Å². The van der Waals surface area contributed by atoms with Gasteiger partial charge < -0.3 is 9.30 Å². The van der Waals surface area contributed by atoms with Gasteiger partial charge in [0.1, 0.15) is 0 Å². The van der Waals surface area contributed by atoms with Gasteiger partial charge in [0, 0.05) is 23.6 Å². The molecule has 1 aliphatic heterocycles. The van der Waals surface area contributed by atoms with Gasteiger partial charge in [-0.05, 0) is 24.5 Å². The van der Waals surface area contributed by atoms with Gasteiger partial charge in [-0.1, -0.05) is 13.8 Å². The molecular weight excluding hydrogens is 296 g/mol. The SMILES string of the molecule is CC(C)[C@@H]1CCN(C(=O)c2cccn3cncc23)C[C@H]1[N+](=O)[O-]. The Hall–Kier alpha value is -2.44. The first-order valence-corrected chi connectivity index (χ1v) is 7.82. The molecule has 7 nitrogen and oxygen atoms in total. The molecule has 1 aliphatic rings. The molecule has 0 radical (unpaired) electrons. The Bertz CT molecular complexity index is 740. The van der Waals surface area contributed by atoms with E-state index in [-0.39, 0.29) is 29.2 Å². The Morgan fingerprint density at radius 3 is 2.96 bits per heavy atom. The third-order valence-electron chi connectivity index (χ3n) is 4.73. The van der Waals surface area contributed by atoms with Crippen molar-refractivity contribution in [2.45, 2.75) is 26.3 Å². The number of nitro groups is 1. The lowest BCUT2D eigenvalue weighted by molar-refractivity contribution is -0.536. The average molecular weight is 316 g/mol. The summed E-state index contributed by atoms with van der Waals surface area (Å²) in [6, 6.07) is 2.83. The summed E-state index contributed by atoms with van der Waals surface area (Å²) in [6.07, 6.45) is 5.76. The minimum atomic E-state index is -0.697. The number of hydrogen-bond acceptors (Lipinski definition) is 4. The lowest BCUT2D eigenvalue weighted by Gasteiger charge is -2.35. The van der Waals surface area contributed by atoms with Crippen LogP contribution in [-0.4, -0.2) is 44.2 Å². The number of aromatic nitrogens is 2. The average Bonchev–Trinajstić information content (AvgIpc) is 3.01. The van der Waals surface area contributed by atoms with Crippen molar-refractivity contribution in [3.8, 4) is 0 Å². The van der Waals surface area contributed by atoms with E-state index < -0.39 is 6.04 Å². The van der Waals surface area contributed by atoms with Gasteiger partial charge in [-0.25, -0.2) is 4.98 Å². The molecule has 0 aliphatic carbocycles. The Labute approximate surface area is 134 Å². The third kappa shape index (κ3) is 2.78. The fourth-order valence-electron chi connectivity index (χ4n) is 3.44. The number of fused-ring (bicyclic) bond motifs is 1. The molecular formula is C16H20N4O3. The number of carbonyl (C=O) groups is 1. The van der Waals surface area contributed by atoms with Crippen LogP contribution in [0.5, 0.6) is 0 Å². The summed E-state index contributed by atoms with van der Waals surface area (Å²) in [5, 5.41) is 11.4. The molecule has 3 heterocycles. The fourth-order valence-corrected chi connectivity index (χ4v) is 3.44. The zero-order chi connectivity index (χ0) is 16.6. The summed E-state index contributed by atoms with van der Waals surface area (Å²) >= 11 is 0. The second kappa shape index (κ2) is 5.98. The molecule has 0 aromatic carbocycles. The normalized spacial score (nSPS) is 21.8. The highest BCUT2D eigenvalue weighted by molar-refractivity contribution is 6.00. The minimum Gasteiger partial charge on any atom is -0.332 e. The maximum absolute atomic E-state index is 12.8. The number of likely N-dealkylation sites (tertiary alicyclic amines) is 1. The highest BCUT2D eigenvalue weighted by Crippen LogP contribution is 2.28. The van der Waals surface area contributed by atoms with Gasteiger partial charge in [0.15, 0.2) is 0 Å². The molecule has 2 aromatic rings. The largest absolute Gasteiger partial charge is 0.332 e. The van der Waals surface area contributed by atoms with E-state index in [0.29, 0.717) is 18.5 Å². The molecule has 2 aromatic heterocycles. The number of imidazole rings is 1. The molecule has 0 unspecified atom stereocenters. The standard InChI is InChI=1S/C16H20N4O3/c1-11(2)12-5-7-18(9-15(12)20(22)23)16(21)13-4-3-6-19-10-17-8-14(13)19/h3-4,6,8,10-12,15H,5,7,9H2,1-2H3/t12-,15+/m0/s1. The zero-order valence-corrected chi connectivity index (χ0v) is 13.3. The van der Waals surface area contributed by atoms with Crippen molar-refractivity contribution in [1.82, 2.24) is 14.3 Å². The maximum atomic E-state index is 12.8. The van der Waals surface area contributed by atoms with Crippen molar-refractivity contribution in [3.63, 3.8) is 0 Å². The van der Waals surface area contributed by atoms with Crippen LogP contribution in [-0.2, 0) is 0 Å². The van der Waals surface area contributed by atoms with Crippen LogP contribution in [0.3, 0.4) is 0 Å². The predicted molar refractivity (Wildman–Crippen MR) is 84.8 cm³/mol. The predicted octanol–water partition coefficient (Wildman–Crippen LogP) is 2.10. The van der Waals surface area contributed by atoms with Crippen molar-refractivity contribution in [2.75, 3.05) is 13.1 Å². The van der Waals surface area contributed by atoms with E-state index in [9.17, 15) is 14.9 Å². The molecule has 0 bridgehead atoms. The Morgan fingerprint density at radius 2 is 2.26 bits per heavy atom. The van der Waals surface area contributed by atoms with E-state index in [1.165, 1.54) is 0 Å².